The molecule has 2 aliphatic heterocycles. The highest BCUT2D eigenvalue weighted by atomic mass is 16.5. The first-order valence-corrected chi connectivity index (χ1v) is 8.60. The van der Waals surface area contributed by atoms with E-state index in [0.29, 0.717) is 42.9 Å². The van der Waals surface area contributed by atoms with Crippen LogP contribution < -0.4 is 14.8 Å². The summed E-state index contributed by atoms with van der Waals surface area (Å²) in [6, 6.07) is 14.3. The molecule has 0 radical (unpaired) electrons. The number of hydrogen-bond donors (Lipinski definition) is 1. The third-order valence-corrected chi connectivity index (χ3v) is 4.94. The van der Waals surface area contributed by atoms with Gasteiger partial charge in [0.25, 0.3) is 0 Å². The van der Waals surface area contributed by atoms with Gasteiger partial charge in [-0.2, -0.15) is 0 Å². The zero-order valence-electron chi connectivity index (χ0n) is 14.5. The average Bonchev–Trinajstić information content (AvgIpc) is 3.05. The van der Waals surface area contributed by atoms with Gasteiger partial charge in [-0.15, -0.1) is 0 Å². The van der Waals surface area contributed by atoms with Gasteiger partial charge in [-0.25, -0.2) is 4.79 Å². The van der Waals surface area contributed by atoms with Gasteiger partial charge in [0.2, 0.25) is 0 Å². The number of para-hydroxylation sites is 1. The van der Waals surface area contributed by atoms with Gasteiger partial charge in [0.1, 0.15) is 17.1 Å². The van der Waals surface area contributed by atoms with Crippen LogP contribution in [0.4, 0.5) is 10.5 Å². The number of hydrogen-bond acceptors (Lipinski definition) is 4. The molecule has 2 aliphatic rings. The van der Waals surface area contributed by atoms with Crippen LogP contribution in [-0.4, -0.2) is 42.5 Å². The number of urea groups is 1. The highest BCUT2D eigenvalue weighted by molar-refractivity contribution is 6.00. The van der Waals surface area contributed by atoms with Gasteiger partial charge in [-0.05, 0) is 36.4 Å². The Morgan fingerprint density at radius 1 is 1.19 bits per heavy atom. The zero-order chi connectivity index (χ0) is 18.1. The number of anilines is 1. The van der Waals surface area contributed by atoms with Crippen LogP contribution in [0.2, 0.25) is 0 Å². The van der Waals surface area contributed by atoms with Crippen LogP contribution in [0.5, 0.6) is 11.5 Å². The Bertz CT molecular complexity index is 849. The number of amides is 2. The molecule has 1 fully saturated rings. The van der Waals surface area contributed by atoms with Crippen molar-refractivity contribution in [3.8, 4) is 11.5 Å². The minimum atomic E-state index is -0.622. The lowest BCUT2D eigenvalue weighted by atomic mass is 9.89. The largest absolute Gasteiger partial charge is 0.497 e. The Morgan fingerprint density at radius 2 is 1.96 bits per heavy atom. The maximum absolute atomic E-state index is 12.6. The molecule has 4 rings (SSSR count). The number of fused-ring (bicyclic) bond motifs is 1. The number of rotatable bonds is 2. The molecule has 2 heterocycles. The molecule has 0 aliphatic carbocycles. The van der Waals surface area contributed by atoms with Crippen LogP contribution in [-0.2, 0) is 0 Å². The smallest absolute Gasteiger partial charge is 0.321 e. The number of carbonyl (C=O) groups excluding carboxylic acids is 2. The van der Waals surface area contributed by atoms with Crippen LogP contribution >= 0.6 is 0 Å². The van der Waals surface area contributed by atoms with Crippen LogP contribution in [0.3, 0.4) is 0 Å². The molecule has 1 spiro atoms. The van der Waals surface area contributed by atoms with E-state index >= 15 is 0 Å². The Morgan fingerprint density at radius 3 is 2.73 bits per heavy atom. The number of nitrogens with one attached hydrogen (secondary N) is 1. The minimum absolute atomic E-state index is 0.0734. The van der Waals surface area contributed by atoms with Crippen molar-refractivity contribution >= 4 is 17.5 Å². The number of nitrogens with zero attached hydrogens (tertiary/aromatic N) is 1. The Hall–Kier alpha value is -3.02. The summed E-state index contributed by atoms with van der Waals surface area (Å²) >= 11 is 0. The summed E-state index contributed by atoms with van der Waals surface area (Å²) in [4.78, 5) is 26.7. The number of ketones is 1. The van der Waals surface area contributed by atoms with E-state index in [9.17, 15) is 9.59 Å². The maximum Gasteiger partial charge on any atom is 0.321 e. The third-order valence-electron chi connectivity index (χ3n) is 4.94. The second-order valence-corrected chi connectivity index (χ2v) is 6.71. The van der Waals surface area contributed by atoms with Crippen molar-refractivity contribution in [3.05, 3.63) is 54.1 Å². The first kappa shape index (κ1) is 16.4. The number of Topliss-reactive ketones (excluding diaryl/α,β-unsaturated/α-hetero) is 1. The summed E-state index contributed by atoms with van der Waals surface area (Å²) in [6.45, 7) is 0.951. The minimum Gasteiger partial charge on any atom is -0.497 e. The van der Waals surface area contributed by atoms with Crippen LogP contribution in [0.15, 0.2) is 48.5 Å². The van der Waals surface area contributed by atoms with Crippen molar-refractivity contribution in [3.63, 3.8) is 0 Å². The second kappa shape index (κ2) is 6.37. The number of carbonyl (C=O) groups is 2. The van der Waals surface area contributed by atoms with E-state index in [0.717, 1.165) is 5.75 Å². The highest BCUT2D eigenvalue weighted by Crippen LogP contribution is 2.38. The molecule has 2 amide bonds. The highest BCUT2D eigenvalue weighted by Gasteiger charge is 2.46. The Labute approximate surface area is 151 Å². The third kappa shape index (κ3) is 2.98. The van der Waals surface area contributed by atoms with Gasteiger partial charge < -0.3 is 19.7 Å². The van der Waals surface area contributed by atoms with E-state index in [1.165, 1.54) is 0 Å². The Kier molecular flexibility index (Phi) is 4.03. The molecule has 0 bridgehead atoms. The zero-order valence-corrected chi connectivity index (χ0v) is 14.5. The monoisotopic (exact) mass is 352 g/mol. The molecule has 134 valence electrons. The number of benzene rings is 2. The summed E-state index contributed by atoms with van der Waals surface area (Å²) in [6.07, 6.45) is 0.944. The van der Waals surface area contributed by atoms with Crippen molar-refractivity contribution in [2.24, 2.45) is 0 Å². The lowest BCUT2D eigenvalue weighted by molar-refractivity contribution is 0.0482. The summed E-state index contributed by atoms with van der Waals surface area (Å²) in [7, 11) is 1.60. The summed E-state index contributed by atoms with van der Waals surface area (Å²) in [5, 5.41) is 2.88. The van der Waals surface area contributed by atoms with E-state index in [-0.39, 0.29) is 11.8 Å². The molecule has 1 saturated heterocycles. The standard InChI is InChI=1S/C20H20N2O4/c1-25-15-8-6-14(7-9-15)21-19(24)22-11-10-20(13-22)12-17(23)16-4-2-3-5-18(16)26-20/h2-9H,10-13H2,1H3,(H,21,24). The molecule has 0 aromatic heterocycles. The molecular formula is C20H20N2O4. The van der Waals surface area contributed by atoms with Gasteiger partial charge in [-0.1, -0.05) is 12.1 Å². The summed E-state index contributed by atoms with van der Waals surface area (Å²) in [5.41, 5.74) is 0.699. The van der Waals surface area contributed by atoms with E-state index < -0.39 is 5.60 Å². The fraction of sp³-hybridized carbons (Fsp3) is 0.300. The molecule has 1 unspecified atom stereocenters. The van der Waals surface area contributed by atoms with E-state index in [1.807, 2.05) is 18.2 Å². The molecule has 2 aromatic rings. The van der Waals surface area contributed by atoms with Crippen molar-refractivity contribution < 1.29 is 19.1 Å². The molecule has 2 aromatic carbocycles. The van der Waals surface area contributed by atoms with Crippen LogP contribution in [0.1, 0.15) is 23.2 Å². The Balaban J connectivity index is 1.45. The van der Waals surface area contributed by atoms with Gasteiger partial charge in [-0.3, -0.25) is 4.79 Å². The van der Waals surface area contributed by atoms with Crippen LogP contribution in [0.25, 0.3) is 0 Å². The lowest BCUT2D eigenvalue weighted by Gasteiger charge is -2.34. The van der Waals surface area contributed by atoms with Crippen molar-refractivity contribution in [2.75, 3.05) is 25.5 Å². The van der Waals surface area contributed by atoms with Gasteiger partial charge >= 0.3 is 6.03 Å². The normalized spacial score (nSPS) is 21.3. The van der Waals surface area contributed by atoms with Crippen LogP contribution in [0, 0.1) is 0 Å². The lowest BCUT2D eigenvalue weighted by Crippen LogP contribution is -2.45. The van der Waals surface area contributed by atoms with Crippen molar-refractivity contribution in [1.82, 2.24) is 4.90 Å². The fourth-order valence-corrected chi connectivity index (χ4v) is 3.57. The van der Waals surface area contributed by atoms with E-state index in [4.69, 9.17) is 9.47 Å². The molecule has 6 heteroatoms. The molecule has 1 atom stereocenters. The number of methoxy groups -OCH3 is 1. The first-order chi connectivity index (χ1) is 12.6. The topological polar surface area (TPSA) is 67.9 Å². The molecule has 6 nitrogen and oxygen atoms in total. The molecule has 0 saturated carbocycles. The SMILES string of the molecule is COc1ccc(NC(=O)N2CCC3(CC(=O)c4ccccc4O3)C2)cc1. The van der Waals surface area contributed by atoms with Crippen molar-refractivity contribution in [1.29, 1.82) is 0 Å². The van der Waals surface area contributed by atoms with Crippen molar-refractivity contribution in [2.45, 2.75) is 18.4 Å². The van der Waals surface area contributed by atoms with E-state index in [1.54, 1.807) is 42.3 Å². The quantitative estimate of drug-likeness (QED) is 0.900. The second-order valence-electron chi connectivity index (χ2n) is 6.71. The average molecular weight is 352 g/mol. The fourth-order valence-electron chi connectivity index (χ4n) is 3.57. The first-order valence-electron chi connectivity index (χ1n) is 8.60. The van der Waals surface area contributed by atoms with E-state index in [2.05, 4.69) is 5.32 Å². The maximum atomic E-state index is 12.6. The van der Waals surface area contributed by atoms with Gasteiger partial charge in [0.15, 0.2) is 5.78 Å². The number of likely N-dealkylation sites (tertiary alicyclic amines) is 1. The molecule has 26 heavy (non-hydrogen) atoms. The predicted octanol–water partition coefficient (Wildman–Crippen LogP) is 3.34. The predicted molar refractivity (Wildman–Crippen MR) is 97.0 cm³/mol. The van der Waals surface area contributed by atoms with Gasteiger partial charge in [0.05, 0.1) is 25.6 Å². The summed E-state index contributed by atoms with van der Waals surface area (Å²) < 4.78 is 11.3. The molecular weight excluding hydrogens is 332 g/mol. The number of ether oxygens (including phenoxy) is 2. The molecule has 1 N–H and O–H groups in total. The summed E-state index contributed by atoms with van der Waals surface area (Å²) in [5.74, 6) is 1.42. The van der Waals surface area contributed by atoms with Gasteiger partial charge in [0, 0.05) is 18.7 Å².